The van der Waals surface area contributed by atoms with Crippen LogP contribution in [0.5, 0.6) is 0 Å². The van der Waals surface area contributed by atoms with E-state index in [9.17, 15) is 28.0 Å². The molecule has 266 valence electrons. The summed E-state index contributed by atoms with van der Waals surface area (Å²) >= 11 is 0. The lowest BCUT2D eigenvalue weighted by molar-refractivity contribution is -0.141. The molecule has 0 spiro atoms. The van der Waals surface area contributed by atoms with Crippen LogP contribution >= 0.6 is 0 Å². The number of likely N-dealkylation sites (N-methyl/N-ethyl adjacent to an activating group) is 1. The minimum atomic E-state index is -0.933. The predicted molar refractivity (Wildman–Crippen MR) is 179 cm³/mol. The molecule has 1 N–H and O–H groups in total. The Hall–Kier alpha value is -4.62. The molecule has 1 aromatic carbocycles. The number of benzene rings is 1. The zero-order valence-corrected chi connectivity index (χ0v) is 29.5. The number of nitrogens with zero attached hydrogens (tertiary/aromatic N) is 6. The molecule has 14 heteroatoms. The van der Waals surface area contributed by atoms with Crippen LogP contribution in [0.1, 0.15) is 77.4 Å². The van der Waals surface area contributed by atoms with Gasteiger partial charge in [-0.05, 0) is 70.1 Å². The molecule has 3 aromatic rings. The molecular weight excluding hydrogens is 636 g/mol. The lowest BCUT2D eigenvalue weighted by atomic mass is 9.85. The first-order valence-electron chi connectivity index (χ1n) is 16.4. The third kappa shape index (κ3) is 9.51. The SMILES string of the molecule is C[C@@H](C(=O)N[C@H](C(=O)N1CCC[C@H]1CN(CCc1ccc(F)cc1)C(=O)c1cn2cc(F)cnc2n1)C(C)(C)C)N(C)C(=O)OC(C)(C)C. The Balaban J connectivity index is 1.54. The standard InChI is InChI=1S/C35H47F2N7O5/c1-22(41(8)33(48)49-35(5,6)7)29(45)40-28(34(2,3)4)31(47)44-16-9-10-26(44)20-42(17-15-23-11-13-24(36)14-12-23)30(46)27-21-43-19-25(37)18-38-32(43)39-27/h11-14,18-19,21-22,26,28H,9-10,15-17,20H2,1-8H3,(H,40,45)/t22-,26-,28+/m0/s1. The van der Waals surface area contributed by atoms with Gasteiger partial charge in [0.25, 0.3) is 5.91 Å². The lowest BCUT2D eigenvalue weighted by Gasteiger charge is -2.38. The molecule has 1 fully saturated rings. The van der Waals surface area contributed by atoms with Gasteiger partial charge < -0.3 is 19.9 Å². The van der Waals surface area contributed by atoms with Crippen LogP contribution in [0.4, 0.5) is 13.6 Å². The third-order valence-electron chi connectivity index (χ3n) is 8.50. The first-order chi connectivity index (χ1) is 22.8. The van der Waals surface area contributed by atoms with Gasteiger partial charge in [0.15, 0.2) is 5.82 Å². The molecule has 49 heavy (non-hydrogen) atoms. The molecular formula is C35H47F2N7O5. The van der Waals surface area contributed by atoms with Crippen molar-refractivity contribution in [1.82, 2.24) is 34.4 Å². The highest BCUT2D eigenvalue weighted by Crippen LogP contribution is 2.27. The van der Waals surface area contributed by atoms with E-state index in [0.717, 1.165) is 11.8 Å². The number of nitrogens with one attached hydrogen (secondary N) is 1. The van der Waals surface area contributed by atoms with Crippen LogP contribution in [0.25, 0.3) is 5.78 Å². The molecule has 0 unspecified atom stereocenters. The number of carbonyl (C=O) groups excluding carboxylic acids is 4. The normalized spacial score (nSPS) is 16.3. The number of fused-ring (bicyclic) bond motifs is 1. The Morgan fingerprint density at radius 1 is 1.04 bits per heavy atom. The molecule has 0 aliphatic carbocycles. The zero-order valence-electron chi connectivity index (χ0n) is 29.5. The van der Waals surface area contributed by atoms with Crippen LogP contribution in [-0.2, 0) is 20.7 Å². The van der Waals surface area contributed by atoms with Crippen LogP contribution in [0.15, 0.2) is 42.9 Å². The van der Waals surface area contributed by atoms with Gasteiger partial charge >= 0.3 is 6.09 Å². The zero-order chi connectivity index (χ0) is 36.3. The van der Waals surface area contributed by atoms with E-state index >= 15 is 0 Å². The molecule has 1 aliphatic rings. The second-order valence-electron chi connectivity index (χ2n) is 14.6. The highest BCUT2D eigenvalue weighted by atomic mass is 19.1. The minimum Gasteiger partial charge on any atom is -0.444 e. The highest BCUT2D eigenvalue weighted by molar-refractivity contribution is 5.93. The molecule has 2 aromatic heterocycles. The number of aromatic nitrogens is 3. The van der Waals surface area contributed by atoms with Gasteiger partial charge in [0.05, 0.1) is 6.20 Å². The van der Waals surface area contributed by atoms with Crippen LogP contribution in [-0.4, -0.2) is 103 Å². The molecule has 4 rings (SSSR count). The van der Waals surface area contributed by atoms with Crippen molar-refractivity contribution in [2.45, 2.75) is 91.5 Å². The number of carbonyl (C=O) groups is 4. The van der Waals surface area contributed by atoms with Crippen molar-refractivity contribution in [1.29, 1.82) is 0 Å². The van der Waals surface area contributed by atoms with Crippen LogP contribution in [0, 0.1) is 17.0 Å². The van der Waals surface area contributed by atoms with Gasteiger partial charge in [-0.3, -0.25) is 23.7 Å². The van der Waals surface area contributed by atoms with Gasteiger partial charge in [-0.15, -0.1) is 0 Å². The number of hydrogen-bond acceptors (Lipinski definition) is 7. The molecule has 12 nitrogen and oxygen atoms in total. The summed E-state index contributed by atoms with van der Waals surface area (Å²) in [6, 6.07) is 3.79. The van der Waals surface area contributed by atoms with E-state index in [0.29, 0.717) is 25.8 Å². The van der Waals surface area contributed by atoms with Gasteiger partial charge in [-0.1, -0.05) is 32.9 Å². The summed E-state index contributed by atoms with van der Waals surface area (Å²) in [5.74, 6) is -2.02. The second-order valence-corrected chi connectivity index (χ2v) is 14.6. The molecule has 1 saturated heterocycles. The molecule has 3 heterocycles. The summed E-state index contributed by atoms with van der Waals surface area (Å²) in [6.07, 6.45) is 4.67. The summed E-state index contributed by atoms with van der Waals surface area (Å²) in [5.41, 5.74) is -0.555. The van der Waals surface area contributed by atoms with Crippen molar-refractivity contribution in [3.8, 4) is 0 Å². The minimum absolute atomic E-state index is 0.0657. The fourth-order valence-electron chi connectivity index (χ4n) is 5.63. The van der Waals surface area contributed by atoms with Gasteiger partial charge in [-0.2, -0.15) is 0 Å². The summed E-state index contributed by atoms with van der Waals surface area (Å²) in [7, 11) is 1.47. The summed E-state index contributed by atoms with van der Waals surface area (Å²) < 4.78 is 34.1. The largest absolute Gasteiger partial charge is 0.444 e. The maximum absolute atomic E-state index is 14.2. The quantitative estimate of drug-likeness (QED) is 0.334. The van der Waals surface area contributed by atoms with E-state index in [4.69, 9.17) is 4.74 Å². The number of imidazole rings is 1. The van der Waals surface area contributed by atoms with Gasteiger partial charge in [0, 0.05) is 45.1 Å². The summed E-state index contributed by atoms with van der Waals surface area (Å²) in [6.45, 7) is 13.2. The fourth-order valence-corrected chi connectivity index (χ4v) is 5.63. The maximum atomic E-state index is 14.2. The number of halogens is 2. The molecule has 3 atom stereocenters. The Bertz CT molecular complexity index is 1670. The highest BCUT2D eigenvalue weighted by Gasteiger charge is 2.41. The molecule has 0 saturated carbocycles. The average Bonchev–Trinajstić information content (AvgIpc) is 3.66. The first kappa shape index (κ1) is 37.2. The number of likely N-dealkylation sites (tertiary alicyclic amines) is 1. The van der Waals surface area contributed by atoms with E-state index in [1.54, 1.807) is 49.6 Å². The number of ether oxygens (including phenoxy) is 1. The van der Waals surface area contributed by atoms with E-state index in [1.165, 1.54) is 40.9 Å². The molecule has 1 aliphatic heterocycles. The smallest absolute Gasteiger partial charge is 0.410 e. The second kappa shape index (κ2) is 14.9. The van der Waals surface area contributed by atoms with Crippen LogP contribution in [0.2, 0.25) is 0 Å². The Morgan fingerprint density at radius 3 is 2.35 bits per heavy atom. The van der Waals surface area contributed by atoms with E-state index in [1.807, 2.05) is 20.8 Å². The topological polar surface area (TPSA) is 129 Å². The summed E-state index contributed by atoms with van der Waals surface area (Å²) in [4.78, 5) is 67.0. The summed E-state index contributed by atoms with van der Waals surface area (Å²) in [5, 5.41) is 2.88. The van der Waals surface area contributed by atoms with Crippen molar-refractivity contribution >= 4 is 29.6 Å². The Labute approximate surface area is 285 Å². The van der Waals surface area contributed by atoms with Crippen LogP contribution < -0.4 is 5.32 Å². The van der Waals surface area contributed by atoms with E-state index in [2.05, 4.69) is 15.3 Å². The third-order valence-corrected chi connectivity index (χ3v) is 8.50. The first-order valence-corrected chi connectivity index (χ1v) is 16.4. The van der Waals surface area contributed by atoms with Crippen molar-refractivity contribution in [3.05, 3.63) is 65.7 Å². The molecule has 0 radical (unpaired) electrons. The van der Waals surface area contributed by atoms with Crippen molar-refractivity contribution in [3.63, 3.8) is 0 Å². The van der Waals surface area contributed by atoms with Crippen molar-refractivity contribution < 1.29 is 32.7 Å². The van der Waals surface area contributed by atoms with Crippen molar-refractivity contribution in [2.75, 3.05) is 26.7 Å². The van der Waals surface area contributed by atoms with Gasteiger partial charge in [0.2, 0.25) is 17.6 Å². The fraction of sp³-hybridized carbons (Fsp3) is 0.543. The average molecular weight is 684 g/mol. The lowest BCUT2D eigenvalue weighted by Crippen LogP contribution is -2.59. The maximum Gasteiger partial charge on any atom is 0.410 e. The molecule has 4 amide bonds. The van der Waals surface area contributed by atoms with Gasteiger partial charge in [0.1, 0.15) is 29.2 Å². The number of rotatable bonds is 10. The van der Waals surface area contributed by atoms with E-state index < -0.39 is 46.8 Å². The van der Waals surface area contributed by atoms with Crippen molar-refractivity contribution in [2.24, 2.45) is 5.41 Å². The predicted octanol–water partition coefficient (Wildman–Crippen LogP) is 4.47. The van der Waals surface area contributed by atoms with Gasteiger partial charge in [-0.25, -0.2) is 23.5 Å². The number of amides is 4. The van der Waals surface area contributed by atoms with E-state index in [-0.39, 0.29) is 42.3 Å². The Morgan fingerprint density at radius 2 is 1.71 bits per heavy atom. The van der Waals surface area contributed by atoms with Crippen LogP contribution in [0.3, 0.4) is 0 Å². The number of hydrogen-bond donors (Lipinski definition) is 1. The Kier molecular flexibility index (Phi) is 11.3. The monoisotopic (exact) mass is 683 g/mol. The molecule has 0 bridgehead atoms.